The highest BCUT2D eigenvalue weighted by Crippen LogP contribution is 2.36. The zero-order chi connectivity index (χ0) is 14.8. The number of primary amides is 1. The fraction of sp³-hybridized carbons (Fsp3) is 0.500. The van der Waals surface area contributed by atoms with Crippen LogP contribution in [0.15, 0.2) is 16.6 Å². The molecule has 1 amide bonds. The van der Waals surface area contributed by atoms with Crippen molar-refractivity contribution in [3.8, 4) is 11.5 Å². The molecule has 0 radical (unpaired) electrons. The fourth-order valence-electron chi connectivity index (χ4n) is 2.66. The third kappa shape index (κ3) is 3.14. The Kier molecular flexibility index (Phi) is 4.32. The van der Waals surface area contributed by atoms with Crippen LogP contribution in [-0.4, -0.2) is 49.7 Å². The van der Waals surface area contributed by atoms with E-state index in [0.29, 0.717) is 26.3 Å². The van der Waals surface area contributed by atoms with Gasteiger partial charge in [-0.3, -0.25) is 9.69 Å². The number of hydrogen-bond donors (Lipinski definition) is 2. The molecule has 1 atom stereocenters. The van der Waals surface area contributed by atoms with Gasteiger partial charge in [-0.2, -0.15) is 0 Å². The molecule has 0 aromatic heterocycles. The summed E-state index contributed by atoms with van der Waals surface area (Å²) in [6, 6.07) is 3.61. The molecule has 21 heavy (non-hydrogen) atoms. The average Bonchev–Trinajstić information content (AvgIpc) is 2.48. The Morgan fingerprint density at radius 3 is 2.81 bits per heavy atom. The molecule has 2 heterocycles. The van der Waals surface area contributed by atoms with E-state index >= 15 is 0 Å². The molecule has 0 bridgehead atoms. The molecular weight excluding hydrogens is 338 g/mol. The summed E-state index contributed by atoms with van der Waals surface area (Å²) in [4.78, 5) is 13.6. The molecule has 0 aliphatic carbocycles. The molecule has 114 valence electrons. The topological polar surface area (TPSA) is 76.8 Å². The molecular formula is C14H18BrN3O3. The quantitative estimate of drug-likeness (QED) is 0.824. The first-order valence-electron chi connectivity index (χ1n) is 6.97. The van der Waals surface area contributed by atoms with Gasteiger partial charge in [0.2, 0.25) is 5.91 Å². The molecule has 0 spiro atoms. The number of carbonyl (C=O) groups excluding carboxylic acids is 1. The summed E-state index contributed by atoms with van der Waals surface area (Å²) < 4.78 is 12.1. The summed E-state index contributed by atoms with van der Waals surface area (Å²) >= 11 is 3.57. The Labute approximate surface area is 131 Å². The molecule has 6 nitrogen and oxygen atoms in total. The van der Waals surface area contributed by atoms with Gasteiger partial charge >= 0.3 is 0 Å². The fourth-order valence-corrected chi connectivity index (χ4v) is 3.11. The van der Waals surface area contributed by atoms with Crippen LogP contribution in [0.2, 0.25) is 0 Å². The number of hydrogen-bond acceptors (Lipinski definition) is 5. The van der Waals surface area contributed by atoms with E-state index in [2.05, 4.69) is 26.1 Å². The Morgan fingerprint density at radius 2 is 2.10 bits per heavy atom. The molecule has 1 aromatic carbocycles. The second-order valence-electron chi connectivity index (χ2n) is 5.18. The van der Waals surface area contributed by atoms with Gasteiger partial charge in [0.05, 0.1) is 0 Å². The van der Waals surface area contributed by atoms with Crippen LogP contribution < -0.4 is 20.5 Å². The molecule has 3 N–H and O–H groups in total. The van der Waals surface area contributed by atoms with E-state index in [-0.39, 0.29) is 11.9 Å². The highest BCUT2D eigenvalue weighted by molar-refractivity contribution is 9.10. The monoisotopic (exact) mass is 355 g/mol. The van der Waals surface area contributed by atoms with Gasteiger partial charge in [-0.1, -0.05) is 15.9 Å². The average molecular weight is 356 g/mol. The van der Waals surface area contributed by atoms with E-state index in [1.54, 1.807) is 0 Å². The van der Waals surface area contributed by atoms with E-state index in [9.17, 15) is 4.79 Å². The minimum Gasteiger partial charge on any atom is -0.486 e. The molecule has 2 aliphatic rings. The highest BCUT2D eigenvalue weighted by Gasteiger charge is 2.27. The van der Waals surface area contributed by atoms with Crippen LogP contribution in [0, 0.1) is 0 Å². The largest absolute Gasteiger partial charge is 0.486 e. The van der Waals surface area contributed by atoms with Crippen molar-refractivity contribution in [1.29, 1.82) is 0 Å². The van der Waals surface area contributed by atoms with Gasteiger partial charge in [0.15, 0.2) is 11.5 Å². The molecule has 1 aromatic rings. The van der Waals surface area contributed by atoms with Crippen LogP contribution in [0.5, 0.6) is 11.5 Å². The van der Waals surface area contributed by atoms with Gasteiger partial charge < -0.3 is 20.5 Å². The Hall–Kier alpha value is -1.31. The van der Waals surface area contributed by atoms with Crippen molar-refractivity contribution >= 4 is 21.8 Å². The maximum absolute atomic E-state index is 11.6. The first kappa shape index (κ1) is 14.6. The van der Waals surface area contributed by atoms with E-state index in [1.165, 1.54) is 0 Å². The smallest absolute Gasteiger partial charge is 0.236 e. The summed E-state index contributed by atoms with van der Waals surface area (Å²) in [5.74, 6) is 1.21. The van der Waals surface area contributed by atoms with Crippen molar-refractivity contribution in [1.82, 2.24) is 10.2 Å². The summed E-state index contributed by atoms with van der Waals surface area (Å²) in [7, 11) is 0. The number of piperazine rings is 1. The molecule has 7 heteroatoms. The van der Waals surface area contributed by atoms with Crippen molar-refractivity contribution in [2.75, 3.05) is 32.8 Å². The lowest BCUT2D eigenvalue weighted by molar-refractivity contribution is -0.124. The Balaban J connectivity index is 1.81. The Bertz CT molecular complexity index is 553. The number of benzene rings is 1. The summed E-state index contributed by atoms with van der Waals surface area (Å²) in [5, 5.41) is 3.20. The van der Waals surface area contributed by atoms with Crippen molar-refractivity contribution in [2.24, 2.45) is 5.73 Å². The number of amides is 1. The van der Waals surface area contributed by atoms with Crippen molar-refractivity contribution in [3.05, 3.63) is 22.2 Å². The summed E-state index contributed by atoms with van der Waals surface area (Å²) in [6.07, 6.45) is 0. The Morgan fingerprint density at radius 1 is 1.38 bits per heavy atom. The van der Waals surface area contributed by atoms with E-state index < -0.39 is 0 Å². The normalized spacial score (nSPS) is 22.0. The maximum Gasteiger partial charge on any atom is 0.236 e. The lowest BCUT2D eigenvalue weighted by Gasteiger charge is -2.34. The number of fused-ring (bicyclic) bond motifs is 1. The number of nitrogens with one attached hydrogen (secondary N) is 1. The van der Waals surface area contributed by atoms with E-state index in [4.69, 9.17) is 15.2 Å². The van der Waals surface area contributed by atoms with Crippen molar-refractivity contribution in [2.45, 2.75) is 12.6 Å². The molecule has 1 saturated heterocycles. The zero-order valence-corrected chi connectivity index (χ0v) is 13.2. The van der Waals surface area contributed by atoms with Gasteiger partial charge in [0, 0.05) is 30.7 Å². The van der Waals surface area contributed by atoms with Gasteiger partial charge in [0.25, 0.3) is 0 Å². The standard InChI is InChI=1S/C14H18BrN3O3/c15-10-6-13-12(20-3-4-21-13)5-9(10)8-18-2-1-17-7-11(18)14(16)19/h5-6,11,17H,1-4,7-8H2,(H2,16,19). The number of halogens is 1. The van der Waals surface area contributed by atoms with Crippen LogP contribution in [0.4, 0.5) is 0 Å². The van der Waals surface area contributed by atoms with Crippen LogP contribution in [0.3, 0.4) is 0 Å². The van der Waals surface area contributed by atoms with Gasteiger partial charge in [0.1, 0.15) is 19.3 Å². The minimum atomic E-state index is -0.295. The summed E-state index contributed by atoms with van der Waals surface area (Å²) in [5.41, 5.74) is 6.55. The molecule has 3 rings (SSSR count). The summed E-state index contributed by atoms with van der Waals surface area (Å²) in [6.45, 7) is 4.01. The first-order chi connectivity index (χ1) is 10.1. The number of nitrogens with two attached hydrogens (primary N) is 1. The van der Waals surface area contributed by atoms with Crippen LogP contribution in [0.1, 0.15) is 5.56 Å². The maximum atomic E-state index is 11.6. The van der Waals surface area contributed by atoms with Crippen LogP contribution in [-0.2, 0) is 11.3 Å². The zero-order valence-electron chi connectivity index (χ0n) is 11.6. The second kappa shape index (κ2) is 6.21. The number of nitrogens with zero attached hydrogens (tertiary/aromatic N) is 1. The van der Waals surface area contributed by atoms with Crippen LogP contribution in [0.25, 0.3) is 0 Å². The SMILES string of the molecule is NC(=O)C1CNCCN1Cc1cc2c(cc1Br)OCCO2. The third-order valence-electron chi connectivity index (χ3n) is 3.77. The number of ether oxygens (including phenoxy) is 2. The molecule has 1 fully saturated rings. The number of rotatable bonds is 3. The second-order valence-corrected chi connectivity index (χ2v) is 6.03. The van der Waals surface area contributed by atoms with Crippen molar-refractivity contribution < 1.29 is 14.3 Å². The third-order valence-corrected chi connectivity index (χ3v) is 4.51. The predicted molar refractivity (Wildman–Crippen MR) is 81.4 cm³/mol. The van der Waals surface area contributed by atoms with Gasteiger partial charge in [-0.05, 0) is 17.7 Å². The lowest BCUT2D eigenvalue weighted by atomic mass is 10.1. The van der Waals surface area contributed by atoms with Gasteiger partial charge in [-0.25, -0.2) is 0 Å². The number of carbonyl (C=O) groups is 1. The highest BCUT2D eigenvalue weighted by atomic mass is 79.9. The van der Waals surface area contributed by atoms with Crippen molar-refractivity contribution in [3.63, 3.8) is 0 Å². The van der Waals surface area contributed by atoms with E-state index in [1.807, 2.05) is 12.1 Å². The van der Waals surface area contributed by atoms with Gasteiger partial charge in [-0.15, -0.1) is 0 Å². The predicted octanol–water partition coefficient (Wildman–Crippen LogP) is 0.479. The molecule has 0 saturated carbocycles. The lowest BCUT2D eigenvalue weighted by Crippen LogP contribution is -2.56. The first-order valence-corrected chi connectivity index (χ1v) is 7.76. The molecule has 1 unspecified atom stereocenters. The molecule has 2 aliphatic heterocycles. The van der Waals surface area contributed by atoms with Crippen LogP contribution >= 0.6 is 15.9 Å². The van der Waals surface area contributed by atoms with E-state index in [0.717, 1.165) is 34.6 Å². The minimum absolute atomic E-state index is 0.279.